The number of hydrogen-bond donors (Lipinski definition) is 2. The summed E-state index contributed by atoms with van der Waals surface area (Å²) >= 11 is 0. The molecule has 1 aliphatic heterocycles. The number of amides is 2. The van der Waals surface area contributed by atoms with Gasteiger partial charge in [0.1, 0.15) is 0 Å². The minimum atomic E-state index is -0.0618. The number of carbonyl (C=O) groups excluding carboxylic acids is 1. The van der Waals surface area contributed by atoms with E-state index in [4.69, 9.17) is 0 Å². The van der Waals surface area contributed by atoms with Crippen molar-refractivity contribution in [2.24, 2.45) is 0 Å². The molecular weight excluding hydrogens is 250 g/mol. The van der Waals surface area contributed by atoms with Crippen molar-refractivity contribution in [1.82, 2.24) is 10.4 Å². The normalized spacial score (nSPS) is 15.8. The summed E-state index contributed by atoms with van der Waals surface area (Å²) in [4.78, 5) is 12.1. The van der Waals surface area contributed by atoms with Gasteiger partial charge in [-0.2, -0.15) is 0 Å². The molecule has 0 unspecified atom stereocenters. The van der Waals surface area contributed by atoms with Gasteiger partial charge in [0.2, 0.25) is 0 Å². The van der Waals surface area contributed by atoms with E-state index in [0.717, 1.165) is 38.0 Å². The number of aryl methyl sites for hydroxylation is 1. The zero-order valence-electron chi connectivity index (χ0n) is 12.3. The number of hydrogen-bond acceptors (Lipinski definition) is 2. The van der Waals surface area contributed by atoms with Crippen LogP contribution in [0.15, 0.2) is 24.3 Å². The number of rotatable bonds is 4. The Kier molecular flexibility index (Phi) is 5.87. The van der Waals surface area contributed by atoms with Crippen LogP contribution in [0.3, 0.4) is 0 Å². The molecule has 0 atom stereocenters. The Bertz CT molecular complexity index is 408. The maximum Gasteiger partial charge on any atom is 0.336 e. The molecule has 1 aromatic rings. The van der Waals surface area contributed by atoms with Crippen LogP contribution in [0.25, 0.3) is 0 Å². The quantitative estimate of drug-likeness (QED) is 0.882. The first-order valence-electron chi connectivity index (χ1n) is 7.70. The van der Waals surface area contributed by atoms with Crippen molar-refractivity contribution >= 4 is 11.7 Å². The van der Waals surface area contributed by atoms with E-state index in [-0.39, 0.29) is 6.03 Å². The predicted octanol–water partition coefficient (Wildman–Crippen LogP) is 3.55. The number of nitrogens with one attached hydrogen (secondary N) is 2. The predicted molar refractivity (Wildman–Crippen MR) is 82.6 cm³/mol. The van der Waals surface area contributed by atoms with E-state index in [9.17, 15) is 4.79 Å². The highest BCUT2D eigenvalue weighted by Gasteiger charge is 2.14. The summed E-state index contributed by atoms with van der Waals surface area (Å²) in [5.74, 6) is 0. The summed E-state index contributed by atoms with van der Waals surface area (Å²) in [6.07, 6.45) is 6.91. The van der Waals surface area contributed by atoms with Crippen LogP contribution in [0.2, 0.25) is 0 Å². The third kappa shape index (κ3) is 4.53. The molecule has 1 fully saturated rings. The van der Waals surface area contributed by atoms with Crippen LogP contribution >= 0.6 is 0 Å². The van der Waals surface area contributed by atoms with Crippen molar-refractivity contribution in [3.8, 4) is 0 Å². The van der Waals surface area contributed by atoms with Crippen molar-refractivity contribution in [2.45, 2.75) is 45.4 Å². The summed E-state index contributed by atoms with van der Waals surface area (Å²) < 4.78 is 0. The van der Waals surface area contributed by atoms with Crippen LogP contribution in [-0.4, -0.2) is 24.1 Å². The molecule has 2 N–H and O–H groups in total. The fraction of sp³-hybridized carbons (Fsp3) is 0.562. The first-order valence-corrected chi connectivity index (χ1v) is 7.70. The summed E-state index contributed by atoms with van der Waals surface area (Å²) in [7, 11) is 0. The van der Waals surface area contributed by atoms with E-state index in [1.807, 2.05) is 12.1 Å². The van der Waals surface area contributed by atoms with Gasteiger partial charge in [0.15, 0.2) is 0 Å². The molecule has 1 aromatic carbocycles. The molecular formula is C16H25N3O. The Hall–Kier alpha value is -1.55. The molecule has 110 valence electrons. The molecule has 1 heterocycles. The third-order valence-electron chi connectivity index (χ3n) is 3.63. The van der Waals surface area contributed by atoms with Crippen LogP contribution < -0.4 is 10.7 Å². The van der Waals surface area contributed by atoms with E-state index >= 15 is 0 Å². The first-order chi connectivity index (χ1) is 9.79. The number of carbonyl (C=O) groups is 1. The molecule has 0 saturated carbocycles. The van der Waals surface area contributed by atoms with Crippen molar-refractivity contribution in [2.75, 3.05) is 18.4 Å². The number of unbranched alkanes of at least 4 members (excludes halogenated alkanes) is 1. The maximum absolute atomic E-state index is 12.1. The molecule has 1 saturated heterocycles. The van der Waals surface area contributed by atoms with E-state index < -0.39 is 0 Å². The lowest BCUT2D eigenvalue weighted by molar-refractivity contribution is 0.189. The Morgan fingerprint density at radius 3 is 2.80 bits per heavy atom. The monoisotopic (exact) mass is 275 g/mol. The molecule has 0 aromatic heterocycles. The van der Waals surface area contributed by atoms with Gasteiger partial charge >= 0.3 is 6.03 Å². The second-order valence-corrected chi connectivity index (χ2v) is 5.35. The molecule has 2 rings (SSSR count). The number of hydrazine groups is 1. The lowest BCUT2D eigenvalue weighted by Gasteiger charge is -2.21. The number of nitrogens with zero attached hydrogens (tertiary/aromatic N) is 1. The van der Waals surface area contributed by atoms with Crippen molar-refractivity contribution in [3.05, 3.63) is 29.8 Å². The summed E-state index contributed by atoms with van der Waals surface area (Å²) in [6.45, 7) is 3.85. The highest BCUT2D eigenvalue weighted by molar-refractivity contribution is 5.88. The van der Waals surface area contributed by atoms with Gasteiger partial charge in [0.05, 0.1) is 0 Å². The van der Waals surface area contributed by atoms with E-state index in [0.29, 0.717) is 0 Å². The fourth-order valence-electron chi connectivity index (χ4n) is 2.36. The SMILES string of the molecule is CCCCc1ccc(NC(=O)N2CCCCCN2)cc1. The highest BCUT2D eigenvalue weighted by Crippen LogP contribution is 2.13. The maximum atomic E-state index is 12.1. The van der Waals surface area contributed by atoms with Crippen LogP contribution in [0, 0.1) is 0 Å². The smallest absolute Gasteiger partial charge is 0.307 e. The third-order valence-corrected chi connectivity index (χ3v) is 3.63. The van der Waals surface area contributed by atoms with Crippen LogP contribution in [-0.2, 0) is 6.42 Å². The van der Waals surface area contributed by atoms with E-state index in [1.165, 1.54) is 24.8 Å². The second-order valence-electron chi connectivity index (χ2n) is 5.35. The van der Waals surface area contributed by atoms with Crippen molar-refractivity contribution in [3.63, 3.8) is 0 Å². The van der Waals surface area contributed by atoms with Crippen LogP contribution in [0.4, 0.5) is 10.5 Å². The van der Waals surface area contributed by atoms with Crippen molar-refractivity contribution < 1.29 is 4.79 Å². The Morgan fingerprint density at radius 1 is 1.25 bits per heavy atom. The lowest BCUT2D eigenvalue weighted by Crippen LogP contribution is -2.44. The molecule has 4 heteroatoms. The minimum absolute atomic E-state index is 0.0618. The van der Waals surface area contributed by atoms with Gasteiger partial charge in [0.25, 0.3) is 0 Å². The average molecular weight is 275 g/mol. The summed E-state index contributed by atoms with van der Waals surface area (Å²) in [5.41, 5.74) is 5.36. The van der Waals surface area contributed by atoms with Gasteiger partial charge < -0.3 is 5.32 Å². The largest absolute Gasteiger partial charge is 0.336 e. The van der Waals surface area contributed by atoms with E-state index in [2.05, 4.69) is 29.8 Å². The topological polar surface area (TPSA) is 44.4 Å². The molecule has 0 spiro atoms. The summed E-state index contributed by atoms with van der Waals surface area (Å²) in [6, 6.07) is 8.11. The highest BCUT2D eigenvalue weighted by atomic mass is 16.2. The molecule has 0 radical (unpaired) electrons. The number of urea groups is 1. The zero-order valence-corrected chi connectivity index (χ0v) is 12.3. The van der Waals surface area contributed by atoms with Gasteiger partial charge in [-0.05, 0) is 43.4 Å². The first kappa shape index (κ1) is 14.9. The van der Waals surface area contributed by atoms with Crippen LogP contribution in [0.1, 0.15) is 44.6 Å². The Morgan fingerprint density at radius 2 is 2.05 bits per heavy atom. The zero-order chi connectivity index (χ0) is 14.2. The van der Waals surface area contributed by atoms with Gasteiger partial charge in [0, 0.05) is 18.8 Å². The molecule has 4 nitrogen and oxygen atoms in total. The van der Waals surface area contributed by atoms with Crippen molar-refractivity contribution in [1.29, 1.82) is 0 Å². The van der Waals surface area contributed by atoms with Crippen LogP contribution in [0.5, 0.6) is 0 Å². The summed E-state index contributed by atoms with van der Waals surface area (Å²) in [5, 5.41) is 4.64. The molecule has 2 amide bonds. The van der Waals surface area contributed by atoms with Gasteiger partial charge in [-0.3, -0.25) is 5.01 Å². The molecule has 20 heavy (non-hydrogen) atoms. The Labute approximate surface area is 121 Å². The van der Waals surface area contributed by atoms with Gasteiger partial charge in [-0.25, -0.2) is 10.2 Å². The van der Waals surface area contributed by atoms with Gasteiger partial charge in [-0.15, -0.1) is 0 Å². The molecule has 1 aliphatic rings. The van der Waals surface area contributed by atoms with Gasteiger partial charge in [-0.1, -0.05) is 31.9 Å². The Balaban J connectivity index is 1.86. The molecule has 0 bridgehead atoms. The minimum Gasteiger partial charge on any atom is -0.307 e. The standard InChI is InChI=1S/C16H25N3O/c1-2-3-7-14-8-10-15(11-9-14)18-16(20)19-13-6-4-5-12-17-19/h8-11,17H,2-7,12-13H2,1H3,(H,18,20). The lowest BCUT2D eigenvalue weighted by atomic mass is 10.1. The van der Waals surface area contributed by atoms with E-state index in [1.54, 1.807) is 5.01 Å². The average Bonchev–Trinajstić information content (AvgIpc) is 2.75. The molecule has 0 aliphatic carbocycles. The number of anilines is 1. The second kappa shape index (κ2) is 7.90. The fourth-order valence-corrected chi connectivity index (χ4v) is 2.36. The number of benzene rings is 1.